The second-order valence-corrected chi connectivity index (χ2v) is 4.86. The van der Waals surface area contributed by atoms with Crippen LogP contribution in [0.25, 0.3) is 0 Å². The van der Waals surface area contributed by atoms with E-state index in [0.717, 1.165) is 4.57 Å². The molecule has 0 amide bonds. The summed E-state index contributed by atoms with van der Waals surface area (Å²) >= 11 is 0. The minimum absolute atomic E-state index is 0.0106. The Labute approximate surface area is 113 Å². The van der Waals surface area contributed by atoms with Gasteiger partial charge in [0.1, 0.15) is 30.7 Å². The number of aliphatic hydroxyl groups is 2. The Hall–Kier alpha value is -1.42. The number of hydrogen-bond donors (Lipinski definition) is 4. The van der Waals surface area contributed by atoms with Crippen molar-refractivity contribution in [2.75, 3.05) is 12.3 Å². The number of aliphatic hydroxyl groups excluding tert-OH is 2. The van der Waals surface area contributed by atoms with Gasteiger partial charge < -0.3 is 20.7 Å². The van der Waals surface area contributed by atoms with Crippen LogP contribution in [0, 0.1) is 0 Å². The SMILES string of the molecule is Nc1ccn([C@@H]2O[C@H](CO[P+](=O)O)[C@@H](O)[C@H]2O)c(=O)n1. The molecular formula is C9H13N3O7P+. The number of nitrogens with zero attached hydrogens (tertiary/aromatic N) is 2. The quantitative estimate of drug-likeness (QED) is 0.467. The van der Waals surface area contributed by atoms with Crippen molar-refractivity contribution in [2.24, 2.45) is 0 Å². The van der Waals surface area contributed by atoms with E-state index in [9.17, 15) is 19.6 Å². The molecule has 1 aliphatic rings. The predicted octanol–water partition coefficient (Wildman–Crippen LogP) is -1.89. The summed E-state index contributed by atoms with van der Waals surface area (Å²) in [5.41, 5.74) is 4.59. The molecule has 5 N–H and O–H groups in total. The molecule has 0 radical (unpaired) electrons. The van der Waals surface area contributed by atoms with Crippen molar-refractivity contribution in [2.45, 2.75) is 24.5 Å². The lowest BCUT2D eigenvalue weighted by molar-refractivity contribution is -0.0516. The van der Waals surface area contributed by atoms with Gasteiger partial charge in [0.15, 0.2) is 6.23 Å². The lowest BCUT2D eigenvalue weighted by Crippen LogP contribution is -2.36. The number of nitrogens with two attached hydrogens (primary N) is 1. The maximum Gasteiger partial charge on any atom is 0.694 e. The second kappa shape index (κ2) is 5.92. The third-order valence-electron chi connectivity index (χ3n) is 2.81. The zero-order chi connectivity index (χ0) is 14.9. The largest absolute Gasteiger partial charge is 0.694 e. The molecule has 1 saturated heterocycles. The van der Waals surface area contributed by atoms with E-state index in [4.69, 9.17) is 15.4 Å². The van der Waals surface area contributed by atoms with Gasteiger partial charge in [-0.15, -0.1) is 9.42 Å². The van der Waals surface area contributed by atoms with Crippen molar-refractivity contribution >= 4 is 14.1 Å². The van der Waals surface area contributed by atoms with Gasteiger partial charge in [0.2, 0.25) is 0 Å². The Kier molecular flexibility index (Phi) is 4.43. The average molecular weight is 306 g/mol. The molecule has 0 aromatic carbocycles. The van der Waals surface area contributed by atoms with Crippen LogP contribution in [0.1, 0.15) is 6.23 Å². The number of nitrogen functional groups attached to an aromatic ring is 1. The van der Waals surface area contributed by atoms with Crippen LogP contribution < -0.4 is 11.4 Å². The molecule has 5 atom stereocenters. The van der Waals surface area contributed by atoms with Crippen molar-refractivity contribution < 1.29 is 28.9 Å². The Morgan fingerprint density at radius 2 is 2.20 bits per heavy atom. The second-order valence-electron chi connectivity index (χ2n) is 4.12. The van der Waals surface area contributed by atoms with Crippen molar-refractivity contribution in [3.05, 3.63) is 22.7 Å². The van der Waals surface area contributed by atoms with Gasteiger partial charge in [0.25, 0.3) is 0 Å². The molecule has 1 unspecified atom stereocenters. The number of aromatic nitrogens is 2. The van der Waals surface area contributed by atoms with E-state index in [2.05, 4.69) is 9.51 Å². The summed E-state index contributed by atoms with van der Waals surface area (Å²) in [7, 11) is -2.85. The molecule has 1 aliphatic heterocycles. The normalized spacial score (nSPS) is 30.4. The first-order chi connectivity index (χ1) is 9.40. The van der Waals surface area contributed by atoms with E-state index in [1.807, 2.05) is 0 Å². The molecule has 10 nitrogen and oxygen atoms in total. The minimum atomic E-state index is -2.85. The maximum absolute atomic E-state index is 11.6. The first-order valence-electron chi connectivity index (χ1n) is 5.55. The van der Waals surface area contributed by atoms with Crippen molar-refractivity contribution in [1.29, 1.82) is 0 Å². The molecule has 20 heavy (non-hydrogen) atoms. The number of anilines is 1. The number of rotatable bonds is 4. The van der Waals surface area contributed by atoms with Gasteiger partial charge in [0.05, 0.1) is 0 Å². The van der Waals surface area contributed by atoms with E-state index < -0.39 is 45.1 Å². The molecule has 0 spiro atoms. The lowest BCUT2D eigenvalue weighted by Gasteiger charge is -2.16. The molecule has 11 heteroatoms. The van der Waals surface area contributed by atoms with Crippen LogP contribution in [0.15, 0.2) is 17.1 Å². The number of ether oxygens (including phenoxy) is 1. The van der Waals surface area contributed by atoms with E-state index in [-0.39, 0.29) is 5.82 Å². The van der Waals surface area contributed by atoms with Crippen LogP contribution in [0.2, 0.25) is 0 Å². The summed E-state index contributed by atoms with van der Waals surface area (Å²) < 4.78 is 21.1. The molecule has 1 aromatic heterocycles. The van der Waals surface area contributed by atoms with Gasteiger partial charge in [-0.05, 0) is 6.07 Å². The minimum Gasteiger partial charge on any atom is -0.387 e. The molecule has 0 bridgehead atoms. The van der Waals surface area contributed by atoms with Gasteiger partial charge in [-0.3, -0.25) is 4.57 Å². The summed E-state index contributed by atoms with van der Waals surface area (Å²) in [5.74, 6) is 0.0106. The lowest BCUT2D eigenvalue weighted by atomic mass is 10.1. The van der Waals surface area contributed by atoms with E-state index in [0.29, 0.717) is 0 Å². The average Bonchev–Trinajstić information content (AvgIpc) is 2.64. The zero-order valence-corrected chi connectivity index (χ0v) is 11.0. The highest BCUT2D eigenvalue weighted by Crippen LogP contribution is 2.30. The van der Waals surface area contributed by atoms with Gasteiger partial charge in [-0.25, -0.2) is 4.79 Å². The Bertz CT molecular complexity index is 565. The molecule has 1 aromatic rings. The third-order valence-corrected chi connectivity index (χ3v) is 3.18. The maximum atomic E-state index is 11.6. The molecule has 0 aliphatic carbocycles. The first-order valence-corrected chi connectivity index (χ1v) is 6.68. The highest BCUT2D eigenvalue weighted by molar-refractivity contribution is 7.32. The van der Waals surface area contributed by atoms with Gasteiger partial charge >= 0.3 is 13.9 Å². The van der Waals surface area contributed by atoms with Crippen molar-refractivity contribution in [1.82, 2.24) is 9.55 Å². The van der Waals surface area contributed by atoms with Gasteiger partial charge in [-0.1, -0.05) is 0 Å². The summed E-state index contributed by atoms with van der Waals surface area (Å²) in [6, 6.07) is 1.33. The first kappa shape index (κ1) is 15.0. The summed E-state index contributed by atoms with van der Waals surface area (Å²) in [4.78, 5) is 23.6. The fourth-order valence-corrected chi connectivity index (χ4v) is 2.13. The van der Waals surface area contributed by atoms with Gasteiger partial charge in [-0.2, -0.15) is 4.98 Å². The molecule has 0 saturated carbocycles. The summed E-state index contributed by atoms with van der Waals surface area (Å²) in [6.45, 7) is -0.405. The van der Waals surface area contributed by atoms with Crippen LogP contribution in [-0.2, 0) is 13.8 Å². The molecular weight excluding hydrogens is 293 g/mol. The van der Waals surface area contributed by atoms with Crippen LogP contribution >= 0.6 is 8.25 Å². The smallest absolute Gasteiger partial charge is 0.387 e. The van der Waals surface area contributed by atoms with Gasteiger partial charge in [0, 0.05) is 10.8 Å². The zero-order valence-electron chi connectivity index (χ0n) is 10.1. The predicted molar refractivity (Wildman–Crippen MR) is 64.6 cm³/mol. The summed E-state index contributed by atoms with van der Waals surface area (Å²) in [5, 5.41) is 19.6. The summed E-state index contributed by atoms with van der Waals surface area (Å²) in [6.07, 6.45) is -3.76. The van der Waals surface area contributed by atoms with Crippen LogP contribution in [0.4, 0.5) is 5.82 Å². The molecule has 2 heterocycles. The Morgan fingerprint density at radius 3 is 2.80 bits per heavy atom. The fourth-order valence-electron chi connectivity index (χ4n) is 1.85. The topological polar surface area (TPSA) is 157 Å². The standard InChI is InChI=1S/C9H12N3O7P/c10-5-1-2-12(9(15)11-5)8-7(14)6(13)4(19-8)3-18-20(16)17/h1-2,4,6-8,13-14H,3H2,(H2-,10,11,15,16,17)/p+1/t4-,6-,7-,8-/m1/s1. The molecule has 110 valence electrons. The molecule has 2 rings (SSSR count). The monoisotopic (exact) mass is 306 g/mol. The third kappa shape index (κ3) is 3.01. The van der Waals surface area contributed by atoms with E-state index in [1.165, 1.54) is 12.3 Å². The Morgan fingerprint density at radius 1 is 1.50 bits per heavy atom. The highest BCUT2D eigenvalue weighted by atomic mass is 31.1. The number of hydrogen-bond acceptors (Lipinski definition) is 8. The van der Waals surface area contributed by atoms with Crippen molar-refractivity contribution in [3.63, 3.8) is 0 Å². The highest BCUT2D eigenvalue weighted by Gasteiger charge is 2.45. The van der Waals surface area contributed by atoms with Crippen molar-refractivity contribution in [3.8, 4) is 0 Å². The van der Waals surface area contributed by atoms with E-state index in [1.54, 1.807) is 0 Å². The van der Waals surface area contributed by atoms with E-state index >= 15 is 0 Å². The fraction of sp³-hybridized carbons (Fsp3) is 0.556. The molecule has 1 fully saturated rings. The Balaban J connectivity index is 2.17. The van der Waals surface area contributed by atoms with Crippen LogP contribution in [-0.4, -0.2) is 49.6 Å². The van der Waals surface area contributed by atoms with Crippen LogP contribution in [0.5, 0.6) is 0 Å². The van der Waals surface area contributed by atoms with Crippen LogP contribution in [0.3, 0.4) is 0 Å².